The third-order valence-electron chi connectivity index (χ3n) is 3.24. The van der Waals surface area contributed by atoms with E-state index in [9.17, 15) is 0 Å². The first-order chi connectivity index (χ1) is 8.63. The van der Waals surface area contributed by atoms with Crippen LogP contribution >= 0.6 is 11.6 Å². The molecule has 2 rings (SSSR count). The van der Waals surface area contributed by atoms with Crippen LogP contribution < -0.4 is 5.32 Å². The van der Waals surface area contributed by atoms with Crippen molar-refractivity contribution in [2.45, 2.75) is 25.4 Å². The zero-order valence-corrected chi connectivity index (χ0v) is 11.5. The average Bonchev–Trinajstić information content (AvgIpc) is 2.36. The molecule has 0 bridgehead atoms. The second-order valence-corrected chi connectivity index (χ2v) is 4.86. The molecule has 0 amide bonds. The summed E-state index contributed by atoms with van der Waals surface area (Å²) in [5.74, 6) is 1.39. The summed E-state index contributed by atoms with van der Waals surface area (Å²) in [4.78, 5) is 8.32. The fourth-order valence-corrected chi connectivity index (χ4v) is 2.30. The zero-order chi connectivity index (χ0) is 13.0. The monoisotopic (exact) mass is 271 g/mol. The molecule has 18 heavy (non-hydrogen) atoms. The van der Waals surface area contributed by atoms with Gasteiger partial charge in [-0.25, -0.2) is 9.97 Å². The summed E-state index contributed by atoms with van der Waals surface area (Å²) in [5.41, 5.74) is -0.177. The van der Waals surface area contributed by atoms with Crippen molar-refractivity contribution in [3.8, 4) is 0 Å². The molecule has 1 N–H and O–H groups in total. The van der Waals surface area contributed by atoms with E-state index in [0.717, 1.165) is 31.9 Å². The summed E-state index contributed by atoms with van der Waals surface area (Å²) in [7, 11) is 1.74. The van der Waals surface area contributed by atoms with Crippen LogP contribution in [0.15, 0.2) is 6.07 Å². The Morgan fingerprint density at radius 3 is 2.78 bits per heavy atom. The minimum Gasteiger partial charge on any atom is -0.381 e. The highest BCUT2D eigenvalue weighted by Gasteiger charge is 2.32. The first-order valence-electron chi connectivity index (χ1n) is 6.01. The molecular weight excluding hydrogens is 254 g/mol. The molecule has 0 aliphatic carbocycles. The van der Waals surface area contributed by atoms with Gasteiger partial charge in [-0.3, -0.25) is 0 Å². The number of hydrogen-bond donors (Lipinski definition) is 1. The maximum atomic E-state index is 5.90. The van der Waals surface area contributed by atoms with Gasteiger partial charge in [0.2, 0.25) is 0 Å². The van der Waals surface area contributed by atoms with Gasteiger partial charge in [-0.2, -0.15) is 0 Å². The molecule has 0 atom stereocenters. The number of aromatic nitrogens is 2. The lowest BCUT2D eigenvalue weighted by atomic mass is 9.94. The van der Waals surface area contributed by atoms with E-state index in [4.69, 9.17) is 21.1 Å². The summed E-state index contributed by atoms with van der Waals surface area (Å²) in [6.07, 6.45) is 1.77. The molecule has 100 valence electrons. The van der Waals surface area contributed by atoms with Crippen molar-refractivity contribution in [3.63, 3.8) is 0 Å². The van der Waals surface area contributed by atoms with Crippen molar-refractivity contribution >= 4 is 17.4 Å². The first kappa shape index (κ1) is 13.5. The number of methoxy groups -OCH3 is 1. The molecule has 0 saturated carbocycles. The molecule has 0 radical (unpaired) electrons. The van der Waals surface area contributed by atoms with Gasteiger partial charge in [0.1, 0.15) is 16.8 Å². The Morgan fingerprint density at radius 2 is 2.17 bits per heavy atom. The molecule has 0 unspecified atom stereocenters. The van der Waals surface area contributed by atoms with E-state index in [-0.39, 0.29) is 5.60 Å². The van der Waals surface area contributed by atoms with E-state index < -0.39 is 0 Å². The van der Waals surface area contributed by atoms with Crippen LogP contribution in [0.5, 0.6) is 0 Å². The van der Waals surface area contributed by atoms with Gasteiger partial charge in [0.25, 0.3) is 0 Å². The minimum atomic E-state index is -0.177. The van der Waals surface area contributed by atoms with Gasteiger partial charge in [-0.05, 0) is 6.92 Å². The third kappa shape index (κ3) is 3.31. The number of anilines is 1. The highest BCUT2D eigenvalue weighted by atomic mass is 35.5. The standard InChI is InChI=1S/C12H18ClN3O2/c1-9-15-10(13)7-11(16-9)14-8-12(17-2)3-5-18-6-4-12/h7H,3-6,8H2,1-2H3,(H,14,15,16). The molecule has 6 heteroatoms. The van der Waals surface area contributed by atoms with E-state index in [1.807, 2.05) is 6.92 Å². The highest BCUT2D eigenvalue weighted by Crippen LogP contribution is 2.25. The lowest BCUT2D eigenvalue weighted by Gasteiger charge is -2.36. The van der Waals surface area contributed by atoms with E-state index in [1.165, 1.54) is 0 Å². The van der Waals surface area contributed by atoms with E-state index in [0.29, 0.717) is 17.5 Å². The predicted molar refractivity (Wildman–Crippen MR) is 70.1 cm³/mol. The smallest absolute Gasteiger partial charge is 0.134 e. The third-order valence-corrected chi connectivity index (χ3v) is 3.43. The highest BCUT2D eigenvalue weighted by molar-refractivity contribution is 6.29. The SMILES string of the molecule is COC1(CNc2cc(Cl)nc(C)n2)CCOCC1. The van der Waals surface area contributed by atoms with Crippen LogP contribution in [0.4, 0.5) is 5.82 Å². The van der Waals surface area contributed by atoms with Gasteiger partial charge >= 0.3 is 0 Å². The van der Waals surface area contributed by atoms with Crippen molar-refractivity contribution in [2.75, 3.05) is 32.2 Å². The lowest BCUT2D eigenvalue weighted by molar-refractivity contribution is -0.0807. The number of aryl methyl sites for hydroxylation is 1. The molecule has 0 spiro atoms. The van der Waals surface area contributed by atoms with Gasteiger partial charge in [-0.15, -0.1) is 0 Å². The number of nitrogens with zero attached hydrogens (tertiary/aromatic N) is 2. The molecule has 0 aromatic carbocycles. The zero-order valence-electron chi connectivity index (χ0n) is 10.7. The van der Waals surface area contributed by atoms with Crippen LogP contribution in [-0.4, -0.2) is 42.4 Å². The van der Waals surface area contributed by atoms with Crippen molar-refractivity contribution < 1.29 is 9.47 Å². The summed E-state index contributed by atoms with van der Waals surface area (Å²) < 4.78 is 11.0. The normalized spacial score (nSPS) is 18.6. The van der Waals surface area contributed by atoms with E-state index in [1.54, 1.807) is 13.2 Å². The fourth-order valence-electron chi connectivity index (χ4n) is 2.07. The van der Waals surface area contributed by atoms with Crippen LogP contribution in [0.25, 0.3) is 0 Å². The average molecular weight is 272 g/mol. The van der Waals surface area contributed by atoms with Gasteiger partial charge < -0.3 is 14.8 Å². The Balaban J connectivity index is 2.00. The fraction of sp³-hybridized carbons (Fsp3) is 0.667. The van der Waals surface area contributed by atoms with Crippen molar-refractivity contribution in [1.29, 1.82) is 0 Å². The quantitative estimate of drug-likeness (QED) is 0.850. The van der Waals surface area contributed by atoms with Crippen molar-refractivity contribution in [1.82, 2.24) is 9.97 Å². The first-order valence-corrected chi connectivity index (χ1v) is 6.39. The van der Waals surface area contributed by atoms with Crippen LogP contribution in [0, 0.1) is 6.92 Å². The summed E-state index contributed by atoms with van der Waals surface area (Å²) in [5, 5.41) is 3.72. The molecule has 1 saturated heterocycles. The van der Waals surface area contributed by atoms with E-state index in [2.05, 4.69) is 15.3 Å². The van der Waals surface area contributed by atoms with E-state index >= 15 is 0 Å². The molecule has 1 aliphatic heterocycles. The van der Waals surface area contributed by atoms with Crippen molar-refractivity contribution in [3.05, 3.63) is 17.0 Å². The largest absolute Gasteiger partial charge is 0.381 e. The van der Waals surface area contributed by atoms with Crippen LogP contribution in [0.3, 0.4) is 0 Å². The molecule has 1 aliphatic rings. The van der Waals surface area contributed by atoms with Crippen LogP contribution in [0.2, 0.25) is 5.15 Å². The number of halogens is 1. The Labute approximate surface area is 112 Å². The summed E-state index contributed by atoms with van der Waals surface area (Å²) in [6, 6.07) is 1.72. The predicted octanol–water partition coefficient (Wildman–Crippen LogP) is 2.05. The number of rotatable bonds is 4. The van der Waals surface area contributed by atoms with Gasteiger partial charge in [-0.1, -0.05) is 11.6 Å². The summed E-state index contributed by atoms with van der Waals surface area (Å²) in [6.45, 7) is 3.98. The molecule has 5 nitrogen and oxygen atoms in total. The van der Waals surface area contributed by atoms with Gasteiger partial charge in [0.05, 0.1) is 5.60 Å². The second kappa shape index (κ2) is 5.82. The molecule has 2 heterocycles. The van der Waals surface area contributed by atoms with Gasteiger partial charge in [0.15, 0.2) is 0 Å². The maximum Gasteiger partial charge on any atom is 0.134 e. The molecule has 1 aromatic heterocycles. The molecule has 1 aromatic rings. The topological polar surface area (TPSA) is 56.3 Å². The maximum absolute atomic E-state index is 5.90. The number of nitrogens with one attached hydrogen (secondary N) is 1. The molecule has 1 fully saturated rings. The van der Waals surface area contributed by atoms with Crippen molar-refractivity contribution in [2.24, 2.45) is 0 Å². The second-order valence-electron chi connectivity index (χ2n) is 4.48. The number of hydrogen-bond acceptors (Lipinski definition) is 5. The summed E-state index contributed by atoms with van der Waals surface area (Å²) >= 11 is 5.90. The Morgan fingerprint density at radius 1 is 1.44 bits per heavy atom. The minimum absolute atomic E-state index is 0.177. The van der Waals surface area contributed by atoms with Crippen LogP contribution in [-0.2, 0) is 9.47 Å². The Hall–Kier alpha value is -0.910. The lowest BCUT2D eigenvalue weighted by Crippen LogP contribution is -2.44. The van der Waals surface area contributed by atoms with Crippen LogP contribution in [0.1, 0.15) is 18.7 Å². The molecular formula is C12H18ClN3O2. The van der Waals surface area contributed by atoms with Gasteiger partial charge in [0, 0.05) is 45.8 Å². The Kier molecular flexibility index (Phi) is 4.37. The Bertz CT molecular complexity index is 388. The number of ether oxygens (including phenoxy) is 2.